The fourth-order valence-corrected chi connectivity index (χ4v) is 4.97. The molecule has 2 aromatic heterocycles. The van der Waals surface area contributed by atoms with Gasteiger partial charge in [0.1, 0.15) is 15.9 Å². The summed E-state index contributed by atoms with van der Waals surface area (Å²) in [5.41, 5.74) is 0.860. The average molecular weight is 360 g/mol. The molecule has 2 fully saturated rings. The van der Waals surface area contributed by atoms with Gasteiger partial charge in [-0.2, -0.15) is 5.10 Å². The zero-order chi connectivity index (χ0) is 17.6. The first-order valence-electron chi connectivity index (χ1n) is 8.55. The van der Waals surface area contributed by atoms with Gasteiger partial charge in [0.2, 0.25) is 0 Å². The van der Waals surface area contributed by atoms with E-state index in [2.05, 4.69) is 10.1 Å². The number of carbonyl (C=O) groups excluding carboxylic acids is 1. The smallest absolute Gasteiger partial charge is 0.326 e. The molecule has 1 aliphatic heterocycles. The summed E-state index contributed by atoms with van der Waals surface area (Å²) >= 11 is 1.30. The Morgan fingerprint density at radius 1 is 1.28 bits per heavy atom. The minimum Gasteiger partial charge on any atom is -0.480 e. The Balaban J connectivity index is 1.62. The van der Waals surface area contributed by atoms with E-state index >= 15 is 0 Å². The molecule has 1 saturated heterocycles. The summed E-state index contributed by atoms with van der Waals surface area (Å²) in [6, 6.07) is -0.671. The number of hydrogen-bond donors (Lipinski definition) is 1. The third kappa shape index (κ3) is 2.84. The molecule has 0 spiro atoms. The molecule has 7 nitrogen and oxygen atoms in total. The van der Waals surface area contributed by atoms with Crippen LogP contribution in [0.2, 0.25) is 0 Å². The van der Waals surface area contributed by atoms with E-state index in [1.807, 2.05) is 13.2 Å². The highest BCUT2D eigenvalue weighted by Crippen LogP contribution is 2.41. The number of aryl methyl sites for hydroxylation is 1. The Hall–Kier alpha value is -2.22. The first-order valence-corrected chi connectivity index (χ1v) is 9.36. The Morgan fingerprint density at radius 3 is 2.80 bits per heavy atom. The standard InChI is InChI=1S/C17H20N4O3S/c1-20-9-11(7-19-20)15-18-8-14(25-15)16(22)21-12-5-3-2-4-10(12)6-13(21)17(23)24/h7-10,12-13H,2-6H2,1H3,(H,23,24). The van der Waals surface area contributed by atoms with Crippen molar-refractivity contribution in [3.05, 3.63) is 23.5 Å². The Kier molecular flexibility index (Phi) is 4.07. The van der Waals surface area contributed by atoms with E-state index in [1.54, 1.807) is 22.0 Å². The summed E-state index contributed by atoms with van der Waals surface area (Å²) in [5.74, 6) is -0.793. The lowest BCUT2D eigenvalue weighted by molar-refractivity contribution is -0.141. The van der Waals surface area contributed by atoms with E-state index in [1.165, 1.54) is 11.3 Å². The fourth-order valence-electron chi connectivity index (χ4n) is 4.14. The van der Waals surface area contributed by atoms with Crippen molar-refractivity contribution in [1.29, 1.82) is 0 Å². The van der Waals surface area contributed by atoms with Gasteiger partial charge in [0.05, 0.1) is 12.4 Å². The zero-order valence-corrected chi connectivity index (χ0v) is 14.8. The van der Waals surface area contributed by atoms with E-state index in [0.717, 1.165) is 36.3 Å². The molecule has 0 aromatic carbocycles. The van der Waals surface area contributed by atoms with E-state index in [0.29, 0.717) is 17.2 Å². The molecule has 3 unspecified atom stereocenters. The number of aliphatic carboxylic acids is 1. The van der Waals surface area contributed by atoms with Crippen LogP contribution in [0.3, 0.4) is 0 Å². The van der Waals surface area contributed by atoms with Crippen molar-refractivity contribution in [3.8, 4) is 10.6 Å². The maximum absolute atomic E-state index is 13.1. The van der Waals surface area contributed by atoms with Crippen LogP contribution in [0.15, 0.2) is 18.6 Å². The molecule has 1 amide bonds. The molecule has 132 valence electrons. The number of thiazole rings is 1. The molecule has 3 atom stereocenters. The lowest BCUT2D eigenvalue weighted by Crippen LogP contribution is -2.46. The van der Waals surface area contributed by atoms with Crippen molar-refractivity contribution in [2.45, 2.75) is 44.2 Å². The minimum absolute atomic E-state index is 0.0475. The van der Waals surface area contributed by atoms with Gasteiger partial charge in [-0.05, 0) is 25.2 Å². The van der Waals surface area contributed by atoms with Crippen molar-refractivity contribution < 1.29 is 14.7 Å². The van der Waals surface area contributed by atoms with Gasteiger partial charge in [-0.25, -0.2) is 9.78 Å². The van der Waals surface area contributed by atoms with E-state index in [9.17, 15) is 14.7 Å². The Labute approximate surface area is 149 Å². The second-order valence-corrected chi connectivity index (χ2v) is 7.88. The molecule has 2 aliphatic rings. The average Bonchev–Trinajstić information content (AvgIpc) is 3.31. The lowest BCUT2D eigenvalue weighted by atomic mass is 9.85. The second-order valence-electron chi connectivity index (χ2n) is 6.85. The third-order valence-corrected chi connectivity index (χ3v) is 6.31. The number of aromatic nitrogens is 3. The number of fused-ring (bicyclic) bond motifs is 1. The van der Waals surface area contributed by atoms with Crippen molar-refractivity contribution in [1.82, 2.24) is 19.7 Å². The Morgan fingerprint density at radius 2 is 2.08 bits per heavy atom. The molecule has 1 aliphatic carbocycles. The second kappa shape index (κ2) is 6.25. The van der Waals surface area contributed by atoms with Gasteiger partial charge in [0.25, 0.3) is 5.91 Å². The highest BCUT2D eigenvalue weighted by Gasteiger charge is 2.48. The maximum atomic E-state index is 13.1. The van der Waals surface area contributed by atoms with Crippen LogP contribution in [0, 0.1) is 5.92 Å². The normalized spacial score (nSPS) is 25.8. The zero-order valence-electron chi connectivity index (χ0n) is 14.0. The van der Waals surface area contributed by atoms with E-state index < -0.39 is 12.0 Å². The largest absolute Gasteiger partial charge is 0.480 e. The van der Waals surface area contributed by atoms with Gasteiger partial charge >= 0.3 is 5.97 Å². The fraction of sp³-hybridized carbons (Fsp3) is 0.529. The van der Waals surface area contributed by atoms with Crippen LogP contribution in [-0.2, 0) is 11.8 Å². The van der Waals surface area contributed by atoms with Crippen LogP contribution in [0.1, 0.15) is 41.8 Å². The molecule has 2 aromatic rings. The molecular weight excluding hydrogens is 340 g/mol. The summed E-state index contributed by atoms with van der Waals surface area (Å²) in [7, 11) is 1.83. The van der Waals surface area contributed by atoms with Crippen LogP contribution >= 0.6 is 11.3 Å². The maximum Gasteiger partial charge on any atom is 0.326 e. The van der Waals surface area contributed by atoms with Crippen molar-refractivity contribution in [2.75, 3.05) is 0 Å². The van der Waals surface area contributed by atoms with Crippen LogP contribution in [-0.4, -0.2) is 48.7 Å². The molecule has 4 rings (SSSR count). The molecule has 8 heteroatoms. The molecule has 25 heavy (non-hydrogen) atoms. The summed E-state index contributed by atoms with van der Waals surface area (Å²) in [6.45, 7) is 0. The van der Waals surface area contributed by atoms with Crippen LogP contribution in [0.5, 0.6) is 0 Å². The SMILES string of the molecule is Cn1cc(-c2ncc(C(=O)N3C(C(=O)O)CC4CCCCC43)s2)cn1. The number of likely N-dealkylation sites (tertiary alicyclic amines) is 1. The van der Waals surface area contributed by atoms with Gasteiger partial charge < -0.3 is 10.0 Å². The lowest BCUT2D eigenvalue weighted by Gasteiger charge is -2.32. The number of carboxylic acid groups (broad SMARTS) is 1. The first-order chi connectivity index (χ1) is 12.0. The van der Waals surface area contributed by atoms with E-state index in [-0.39, 0.29) is 11.9 Å². The van der Waals surface area contributed by atoms with Crippen molar-refractivity contribution in [3.63, 3.8) is 0 Å². The number of carbonyl (C=O) groups is 2. The highest BCUT2D eigenvalue weighted by molar-refractivity contribution is 7.16. The molecule has 3 heterocycles. The number of carboxylic acids is 1. The number of hydrogen-bond acceptors (Lipinski definition) is 5. The summed E-state index contributed by atoms with van der Waals surface area (Å²) < 4.78 is 1.69. The highest BCUT2D eigenvalue weighted by atomic mass is 32.1. The van der Waals surface area contributed by atoms with Crippen molar-refractivity contribution >= 4 is 23.2 Å². The minimum atomic E-state index is -0.903. The van der Waals surface area contributed by atoms with Gasteiger partial charge in [-0.3, -0.25) is 9.48 Å². The monoisotopic (exact) mass is 360 g/mol. The van der Waals surface area contributed by atoms with Crippen molar-refractivity contribution in [2.24, 2.45) is 13.0 Å². The molecular formula is C17H20N4O3S. The summed E-state index contributed by atoms with van der Waals surface area (Å²) in [6.07, 6.45) is 9.78. The topological polar surface area (TPSA) is 88.3 Å². The van der Waals surface area contributed by atoms with Gasteiger partial charge in [0, 0.05) is 24.8 Å². The molecule has 0 radical (unpaired) electrons. The van der Waals surface area contributed by atoms with Crippen LogP contribution in [0.25, 0.3) is 10.6 Å². The number of nitrogens with zero attached hydrogens (tertiary/aromatic N) is 4. The summed E-state index contributed by atoms with van der Waals surface area (Å²) in [5, 5.41) is 14.4. The number of rotatable bonds is 3. The molecule has 1 saturated carbocycles. The Bertz CT molecular complexity index is 814. The number of amides is 1. The predicted molar refractivity (Wildman–Crippen MR) is 92.3 cm³/mol. The van der Waals surface area contributed by atoms with Crippen LogP contribution in [0.4, 0.5) is 0 Å². The predicted octanol–water partition coefficient (Wildman–Crippen LogP) is 2.40. The van der Waals surface area contributed by atoms with E-state index in [4.69, 9.17) is 0 Å². The van der Waals surface area contributed by atoms with Gasteiger partial charge in [0.15, 0.2) is 0 Å². The molecule has 1 N–H and O–H groups in total. The third-order valence-electron chi connectivity index (χ3n) is 5.28. The van der Waals surface area contributed by atoms with Gasteiger partial charge in [-0.15, -0.1) is 11.3 Å². The molecule has 0 bridgehead atoms. The quantitative estimate of drug-likeness (QED) is 0.908. The summed E-state index contributed by atoms with van der Waals surface area (Å²) in [4.78, 5) is 31.2. The first kappa shape index (κ1) is 16.3. The van der Waals surface area contributed by atoms with Crippen LogP contribution < -0.4 is 0 Å². The van der Waals surface area contributed by atoms with Gasteiger partial charge in [-0.1, -0.05) is 12.8 Å².